The summed E-state index contributed by atoms with van der Waals surface area (Å²) in [6.45, 7) is 8.12. The van der Waals surface area contributed by atoms with Crippen molar-refractivity contribution in [2.75, 3.05) is 19.6 Å². The van der Waals surface area contributed by atoms with Crippen molar-refractivity contribution in [3.63, 3.8) is 0 Å². The standard InChI is InChI=1S/C11H24N2/c1-3-11-6-8-13(9-11)10(2)5-4-7-12/h10-11H,3-9,12H2,1-2H3. The maximum atomic E-state index is 5.51. The third-order valence-corrected chi connectivity index (χ3v) is 3.34. The van der Waals surface area contributed by atoms with E-state index in [1.54, 1.807) is 0 Å². The summed E-state index contributed by atoms with van der Waals surface area (Å²) >= 11 is 0. The molecule has 0 saturated carbocycles. The molecule has 13 heavy (non-hydrogen) atoms. The van der Waals surface area contributed by atoms with Gasteiger partial charge in [-0.2, -0.15) is 0 Å². The molecule has 1 saturated heterocycles. The van der Waals surface area contributed by atoms with Gasteiger partial charge in [-0.1, -0.05) is 13.3 Å². The first kappa shape index (κ1) is 11.0. The minimum atomic E-state index is 0.750. The second-order valence-corrected chi connectivity index (χ2v) is 4.34. The van der Waals surface area contributed by atoms with Crippen LogP contribution in [0.5, 0.6) is 0 Å². The van der Waals surface area contributed by atoms with Gasteiger partial charge in [-0.3, -0.25) is 0 Å². The second-order valence-electron chi connectivity index (χ2n) is 4.34. The summed E-state index contributed by atoms with van der Waals surface area (Å²) in [5, 5.41) is 0. The SMILES string of the molecule is CCC1CCN(C(C)CCCN)C1. The largest absolute Gasteiger partial charge is 0.330 e. The Bertz CT molecular complexity index is 136. The Labute approximate surface area is 82.5 Å². The third-order valence-electron chi connectivity index (χ3n) is 3.34. The monoisotopic (exact) mass is 184 g/mol. The zero-order chi connectivity index (χ0) is 9.68. The van der Waals surface area contributed by atoms with Gasteiger partial charge in [0.25, 0.3) is 0 Å². The molecule has 1 rings (SSSR count). The van der Waals surface area contributed by atoms with Gasteiger partial charge in [-0.05, 0) is 45.2 Å². The second kappa shape index (κ2) is 5.61. The van der Waals surface area contributed by atoms with E-state index in [0.717, 1.165) is 18.5 Å². The Balaban J connectivity index is 2.20. The third kappa shape index (κ3) is 3.28. The summed E-state index contributed by atoms with van der Waals surface area (Å²) in [6, 6.07) is 0.750. The molecule has 1 aliphatic heterocycles. The lowest BCUT2D eigenvalue weighted by molar-refractivity contribution is 0.235. The van der Waals surface area contributed by atoms with E-state index >= 15 is 0 Å². The van der Waals surface area contributed by atoms with Gasteiger partial charge >= 0.3 is 0 Å². The molecule has 0 aromatic rings. The molecule has 2 heteroatoms. The summed E-state index contributed by atoms with van der Waals surface area (Å²) < 4.78 is 0. The van der Waals surface area contributed by atoms with E-state index in [1.807, 2.05) is 0 Å². The lowest BCUT2D eigenvalue weighted by Crippen LogP contribution is -2.31. The lowest BCUT2D eigenvalue weighted by Gasteiger charge is -2.24. The van der Waals surface area contributed by atoms with Crippen molar-refractivity contribution in [2.24, 2.45) is 11.7 Å². The van der Waals surface area contributed by atoms with E-state index in [4.69, 9.17) is 5.73 Å². The van der Waals surface area contributed by atoms with E-state index in [1.165, 1.54) is 38.8 Å². The maximum Gasteiger partial charge on any atom is 0.00675 e. The predicted octanol–water partition coefficient (Wildman–Crippen LogP) is 1.85. The minimum absolute atomic E-state index is 0.750. The quantitative estimate of drug-likeness (QED) is 0.706. The molecule has 1 heterocycles. The summed E-state index contributed by atoms with van der Waals surface area (Å²) in [5.41, 5.74) is 5.51. The highest BCUT2D eigenvalue weighted by Gasteiger charge is 2.23. The topological polar surface area (TPSA) is 29.3 Å². The van der Waals surface area contributed by atoms with E-state index in [9.17, 15) is 0 Å². The summed E-state index contributed by atoms with van der Waals surface area (Å²) in [7, 11) is 0. The van der Waals surface area contributed by atoms with Crippen LogP contribution < -0.4 is 5.73 Å². The molecule has 0 bridgehead atoms. The van der Waals surface area contributed by atoms with Crippen LogP contribution in [0.25, 0.3) is 0 Å². The van der Waals surface area contributed by atoms with Gasteiger partial charge in [0, 0.05) is 12.6 Å². The Morgan fingerprint density at radius 1 is 1.54 bits per heavy atom. The van der Waals surface area contributed by atoms with Gasteiger partial charge in [0.05, 0.1) is 0 Å². The van der Waals surface area contributed by atoms with Crippen LogP contribution in [0.4, 0.5) is 0 Å². The van der Waals surface area contributed by atoms with E-state index in [0.29, 0.717) is 0 Å². The van der Waals surface area contributed by atoms with Crippen LogP contribution in [0.3, 0.4) is 0 Å². The van der Waals surface area contributed by atoms with Gasteiger partial charge in [0.2, 0.25) is 0 Å². The normalized spacial score (nSPS) is 26.5. The Hall–Kier alpha value is -0.0800. The first-order valence-electron chi connectivity index (χ1n) is 5.72. The highest BCUT2D eigenvalue weighted by Crippen LogP contribution is 2.22. The van der Waals surface area contributed by atoms with Crippen molar-refractivity contribution >= 4 is 0 Å². The molecule has 78 valence electrons. The average molecular weight is 184 g/mol. The molecule has 0 radical (unpaired) electrons. The maximum absolute atomic E-state index is 5.51. The lowest BCUT2D eigenvalue weighted by atomic mass is 10.1. The fourth-order valence-corrected chi connectivity index (χ4v) is 2.19. The van der Waals surface area contributed by atoms with Crippen LogP contribution in [0.1, 0.15) is 39.5 Å². The first-order chi connectivity index (χ1) is 6.27. The van der Waals surface area contributed by atoms with Crippen molar-refractivity contribution in [3.8, 4) is 0 Å². The van der Waals surface area contributed by atoms with Gasteiger partial charge < -0.3 is 10.6 Å². The molecule has 2 atom stereocenters. The first-order valence-corrected chi connectivity index (χ1v) is 5.72. The summed E-state index contributed by atoms with van der Waals surface area (Å²) in [4.78, 5) is 2.63. The van der Waals surface area contributed by atoms with Gasteiger partial charge in [0.1, 0.15) is 0 Å². The number of likely N-dealkylation sites (tertiary alicyclic amines) is 1. The van der Waals surface area contributed by atoms with Crippen molar-refractivity contribution in [1.82, 2.24) is 4.90 Å². The van der Waals surface area contributed by atoms with E-state index < -0.39 is 0 Å². The van der Waals surface area contributed by atoms with E-state index in [-0.39, 0.29) is 0 Å². The van der Waals surface area contributed by atoms with Crippen LogP contribution in [-0.4, -0.2) is 30.6 Å². The number of hydrogen-bond acceptors (Lipinski definition) is 2. The number of nitrogens with two attached hydrogens (primary N) is 1. The van der Waals surface area contributed by atoms with Gasteiger partial charge in [-0.15, -0.1) is 0 Å². The van der Waals surface area contributed by atoms with Crippen LogP contribution in [0, 0.1) is 5.92 Å². The number of rotatable bonds is 5. The Morgan fingerprint density at radius 2 is 2.31 bits per heavy atom. The zero-order valence-corrected chi connectivity index (χ0v) is 9.13. The van der Waals surface area contributed by atoms with Crippen LogP contribution in [0.2, 0.25) is 0 Å². The molecule has 0 aromatic carbocycles. The molecule has 2 N–H and O–H groups in total. The highest BCUT2D eigenvalue weighted by molar-refractivity contribution is 4.78. The fraction of sp³-hybridized carbons (Fsp3) is 1.00. The van der Waals surface area contributed by atoms with Crippen LogP contribution in [-0.2, 0) is 0 Å². The molecule has 1 fully saturated rings. The Kier molecular flexibility index (Phi) is 4.74. The van der Waals surface area contributed by atoms with Crippen molar-refractivity contribution in [3.05, 3.63) is 0 Å². The molecule has 0 aliphatic carbocycles. The van der Waals surface area contributed by atoms with Crippen LogP contribution >= 0.6 is 0 Å². The predicted molar refractivity (Wildman–Crippen MR) is 57.7 cm³/mol. The highest BCUT2D eigenvalue weighted by atomic mass is 15.2. The molecule has 1 aliphatic rings. The van der Waals surface area contributed by atoms with Crippen molar-refractivity contribution in [2.45, 2.75) is 45.6 Å². The van der Waals surface area contributed by atoms with Crippen molar-refractivity contribution < 1.29 is 0 Å². The number of hydrogen-bond donors (Lipinski definition) is 1. The molecule has 2 nitrogen and oxygen atoms in total. The molecular formula is C11H24N2. The molecular weight excluding hydrogens is 160 g/mol. The summed E-state index contributed by atoms with van der Waals surface area (Å²) in [6.07, 6.45) is 5.20. The van der Waals surface area contributed by atoms with E-state index in [2.05, 4.69) is 18.7 Å². The van der Waals surface area contributed by atoms with Gasteiger partial charge in [0.15, 0.2) is 0 Å². The molecule has 0 aromatic heterocycles. The average Bonchev–Trinajstić information content (AvgIpc) is 2.62. The fourth-order valence-electron chi connectivity index (χ4n) is 2.19. The molecule has 0 amide bonds. The van der Waals surface area contributed by atoms with Gasteiger partial charge in [-0.25, -0.2) is 0 Å². The Morgan fingerprint density at radius 3 is 2.85 bits per heavy atom. The minimum Gasteiger partial charge on any atom is -0.330 e. The van der Waals surface area contributed by atoms with Crippen molar-refractivity contribution in [1.29, 1.82) is 0 Å². The molecule has 2 unspecified atom stereocenters. The summed E-state index contributed by atoms with van der Waals surface area (Å²) in [5.74, 6) is 0.959. The molecule has 0 spiro atoms. The number of nitrogens with zero attached hydrogens (tertiary/aromatic N) is 1. The zero-order valence-electron chi connectivity index (χ0n) is 9.13. The smallest absolute Gasteiger partial charge is 0.00675 e. The van der Waals surface area contributed by atoms with Crippen LogP contribution in [0.15, 0.2) is 0 Å².